The van der Waals surface area contributed by atoms with Crippen molar-refractivity contribution in [3.8, 4) is 0 Å². The Bertz CT molecular complexity index is 190. The summed E-state index contributed by atoms with van der Waals surface area (Å²) in [5.41, 5.74) is 0. The van der Waals surface area contributed by atoms with Gasteiger partial charge in [0, 0.05) is 6.42 Å². The molecule has 113 valence electrons. The van der Waals surface area contributed by atoms with Crippen molar-refractivity contribution in [3.05, 3.63) is 6.92 Å². The van der Waals surface area contributed by atoms with Crippen LogP contribution in [0.25, 0.3) is 0 Å². The Labute approximate surface area is 120 Å². The molecule has 0 aliphatic rings. The summed E-state index contributed by atoms with van der Waals surface area (Å²) in [6.07, 6.45) is 16.2. The minimum Gasteiger partial charge on any atom is -0.466 e. The molecule has 0 aliphatic heterocycles. The van der Waals surface area contributed by atoms with E-state index in [1.54, 1.807) is 0 Å². The summed E-state index contributed by atoms with van der Waals surface area (Å²) in [5, 5.41) is 0. The van der Waals surface area contributed by atoms with E-state index in [0.717, 1.165) is 6.42 Å². The zero-order chi connectivity index (χ0) is 14.2. The first-order valence-electron chi connectivity index (χ1n) is 8.26. The maximum Gasteiger partial charge on any atom is 0.305 e. The van der Waals surface area contributed by atoms with Gasteiger partial charge in [0.1, 0.15) is 0 Å². The summed E-state index contributed by atoms with van der Waals surface area (Å²) in [6, 6.07) is 0. The van der Waals surface area contributed by atoms with Crippen molar-refractivity contribution in [3.63, 3.8) is 0 Å². The Hall–Kier alpha value is -0.530. The van der Waals surface area contributed by atoms with Crippen LogP contribution in [-0.4, -0.2) is 12.6 Å². The number of ether oxygens (including phenoxy) is 1. The Morgan fingerprint density at radius 3 is 1.63 bits per heavy atom. The van der Waals surface area contributed by atoms with Gasteiger partial charge in [-0.1, -0.05) is 77.6 Å². The SMILES string of the molecule is [CH2]CC(=O)OCCCCCCCCCCCCCC. The molecule has 0 aromatic rings. The summed E-state index contributed by atoms with van der Waals surface area (Å²) >= 11 is 0. The van der Waals surface area contributed by atoms with Crippen molar-refractivity contribution in [1.29, 1.82) is 0 Å². The Balaban J connectivity index is 2.97. The topological polar surface area (TPSA) is 26.3 Å². The molecule has 19 heavy (non-hydrogen) atoms. The van der Waals surface area contributed by atoms with Crippen LogP contribution in [0, 0.1) is 6.92 Å². The standard InChI is InChI=1S/C17H33O2/c1-3-5-6-7-8-9-10-11-12-13-14-15-16-19-17(18)4-2/h2-16H2,1H3. The fourth-order valence-electron chi connectivity index (χ4n) is 2.20. The zero-order valence-corrected chi connectivity index (χ0v) is 12.9. The van der Waals surface area contributed by atoms with Crippen molar-refractivity contribution in [2.75, 3.05) is 6.61 Å². The molecular weight excluding hydrogens is 236 g/mol. The second-order valence-electron chi connectivity index (χ2n) is 5.36. The van der Waals surface area contributed by atoms with E-state index in [2.05, 4.69) is 13.8 Å². The highest BCUT2D eigenvalue weighted by molar-refractivity contribution is 5.69. The van der Waals surface area contributed by atoms with Gasteiger partial charge in [0.25, 0.3) is 0 Å². The lowest BCUT2D eigenvalue weighted by Gasteiger charge is -2.04. The number of hydrogen-bond donors (Lipinski definition) is 0. The predicted octanol–water partition coefficient (Wildman–Crippen LogP) is 5.45. The first-order chi connectivity index (χ1) is 9.31. The van der Waals surface area contributed by atoms with Crippen molar-refractivity contribution in [2.24, 2.45) is 0 Å². The van der Waals surface area contributed by atoms with E-state index >= 15 is 0 Å². The number of esters is 1. The van der Waals surface area contributed by atoms with Gasteiger partial charge in [0.05, 0.1) is 6.61 Å². The molecule has 0 N–H and O–H groups in total. The molecule has 1 radical (unpaired) electrons. The summed E-state index contributed by atoms with van der Waals surface area (Å²) in [4.78, 5) is 10.8. The molecule has 2 nitrogen and oxygen atoms in total. The molecule has 0 saturated heterocycles. The summed E-state index contributed by atoms with van der Waals surface area (Å²) in [5.74, 6) is -0.178. The monoisotopic (exact) mass is 269 g/mol. The fourth-order valence-corrected chi connectivity index (χ4v) is 2.20. The summed E-state index contributed by atoms with van der Waals surface area (Å²) in [7, 11) is 0. The predicted molar refractivity (Wildman–Crippen MR) is 82.0 cm³/mol. The molecule has 0 amide bonds. The summed E-state index contributed by atoms with van der Waals surface area (Å²) < 4.78 is 4.98. The average Bonchev–Trinajstić information content (AvgIpc) is 2.43. The van der Waals surface area contributed by atoms with Crippen LogP contribution >= 0.6 is 0 Å². The van der Waals surface area contributed by atoms with E-state index in [0.29, 0.717) is 6.61 Å². The molecule has 0 aliphatic carbocycles. The summed E-state index contributed by atoms with van der Waals surface area (Å²) in [6.45, 7) is 6.33. The Morgan fingerprint density at radius 1 is 0.789 bits per heavy atom. The van der Waals surface area contributed by atoms with Gasteiger partial charge >= 0.3 is 5.97 Å². The first kappa shape index (κ1) is 18.5. The van der Waals surface area contributed by atoms with Gasteiger partial charge in [0.15, 0.2) is 0 Å². The van der Waals surface area contributed by atoms with E-state index in [4.69, 9.17) is 4.74 Å². The van der Waals surface area contributed by atoms with Crippen LogP contribution in [-0.2, 0) is 9.53 Å². The average molecular weight is 269 g/mol. The van der Waals surface area contributed by atoms with Crippen LogP contribution in [0.5, 0.6) is 0 Å². The second-order valence-corrected chi connectivity index (χ2v) is 5.36. The Morgan fingerprint density at radius 2 is 1.21 bits per heavy atom. The third-order valence-electron chi connectivity index (χ3n) is 3.47. The van der Waals surface area contributed by atoms with Crippen molar-refractivity contribution < 1.29 is 9.53 Å². The molecular formula is C17H33O2. The highest BCUT2D eigenvalue weighted by Crippen LogP contribution is 2.11. The number of hydrogen-bond acceptors (Lipinski definition) is 2. The molecule has 0 heterocycles. The van der Waals surface area contributed by atoms with Crippen LogP contribution in [0.4, 0.5) is 0 Å². The van der Waals surface area contributed by atoms with Gasteiger partial charge in [-0.2, -0.15) is 0 Å². The zero-order valence-electron chi connectivity index (χ0n) is 12.9. The molecule has 0 rings (SSSR count). The van der Waals surface area contributed by atoms with Crippen LogP contribution < -0.4 is 0 Å². The van der Waals surface area contributed by atoms with E-state index in [1.165, 1.54) is 70.6 Å². The van der Waals surface area contributed by atoms with Gasteiger partial charge in [-0.05, 0) is 13.3 Å². The van der Waals surface area contributed by atoms with Crippen LogP contribution in [0.1, 0.15) is 90.4 Å². The van der Waals surface area contributed by atoms with Gasteiger partial charge in [0.2, 0.25) is 0 Å². The second kappa shape index (κ2) is 15.5. The number of carbonyl (C=O) groups excluding carboxylic acids is 1. The van der Waals surface area contributed by atoms with Crippen molar-refractivity contribution in [2.45, 2.75) is 90.4 Å². The highest BCUT2D eigenvalue weighted by atomic mass is 16.5. The lowest BCUT2D eigenvalue weighted by atomic mass is 10.1. The van der Waals surface area contributed by atoms with Crippen molar-refractivity contribution >= 4 is 5.97 Å². The van der Waals surface area contributed by atoms with Crippen LogP contribution in [0.3, 0.4) is 0 Å². The van der Waals surface area contributed by atoms with E-state index in [9.17, 15) is 4.79 Å². The lowest BCUT2D eigenvalue weighted by Crippen LogP contribution is -2.03. The molecule has 0 fully saturated rings. The van der Waals surface area contributed by atoms with Gasteiger partial charge < -0.3 is 4.74 Å². The first-order valence-corrected chi connectivity index (χ1v) is 8.26. The molecule has 0 unspecified atom stereocenters. The molecule has 2 heteroatoms. The largest absolute Gasteiger partial charge is 0.466 e. The molecule has 0 spiro atoms. The number of rotatable bonds is 14. The van der Waals surface area contributed by atoms with E-state index < -0.39 is 0 Å². The van der Waals surface area contributed by atoms with Crippen LogP contribution in [0.2, 0.25) is 0 Å². The van der Waals surface area contributed by atoms with Gasteiger partial charge in [-0.3, -0.25) is 4.79 Å². The van der Waals surface area contributed by atoms with E-state index in [1.807, 2.05) is 0 Å². The third-order valence-corrected chi connectivity index (χ3v) is 3.47. The quantitative estimate of drug-likeness (QED) is 0.309. The molecule has 0 bridgehead atoms. The Kier molecular flexibility index (Phi) is 15.1. The normalized spacial score (nSPS) is 10.6. The third kappa shape index (κ3) is 15.4. The maximum atomic E-state index is 10.8. The molecule has 0 aromatic heterocycles. The smallest absolute Gasteiger partial charge is 0.305 e. The maximum absolute atomic E-state index is 10.8. The van der Waals surface area contributed by atoms with Gasteiger partial charge in [-0.25, -0.2) is 0 Å². The molecule has 0 aromatic carbocycles. The highest BCUT2D eigenvalue weighted by Gasteiger charge is 1.97. The van der Waals surface area contributed by atoms with Crippen molar-refractivity contribution in [1.82, 2.24) is 0 Å². The van der Waals surface area contributed by atoms with Crippen LogP contribution in [0.15, 0.2) is 0 Å². The minimum atomic E-state index is -0.178. The number of carbonyl (C=O) groups is 1. The minimum absolute atomic E-state index is 0.178. The van der Waals surface area contributed by atoms with Gasteiger partial charge in [-0.15, -0.1) is 0 Å². The number of unbranched alkanes of at least 4 members (excludes halogenated alkanes) is 11. The molecule has 0 saturated carbocycles. The molecule has 0 atom stereocenters. The fraction of sp³-hybridized carbons (Fsp3) is 0.882. The van der Waals surface area contributed by atoms with E-state index in [-0.39, 0.29) is 12.4 Å². The lowest BCUT2D eigenvalue weighted by molar-refractivity contribution is -0.142.